The monoisotopic (exact) mass is 884 g/mol. The molecule has 10 amide bonds. The summed E-state index contributed by atoms with van der Waals surface area (Å²) in [4.78, 5) is 124. The number of aliphatic carboxylic acids is 1. The minimum absolute atomic E-state index is 0.0609. The second-order valence-electron chi connectivity index (χ2n) is 16.1. The molecular formula is C38H64N10O12S. The Hall–Kier alpha value is -5.19. The Labute approximate surface area is 359 Å². The van der Waals surface area contributed by atoms with Crippen LogP contribution in [0.5, 0.6) is 0 Å². The van der Waals surface area contributed by atoms with Gasteiger partial charge in [-0.3, -0.25) is 48.4 Å². The maximum atomic E-state index is 13.2. The molecule has 0 radical (unpaired) electrons. The van der Waals surface area contributed by atoms with Crippen LogP contribution in [0.4, 0.5) is 4.79 Å². The van der Waals surface area contributed by atoms with E-state index in [0.29, 0.717) is 37.5 Å². The van der Waals surface area contributed by atoms with Gasteiger partial charge in [0, 0.05) is 36.3 Å². The minimum atomic E-state index is -1.63. The molecule has 2 heterocycles. The van der Waals surface area contributed by atoms with Crippen LogP contribution in [0.25, 0.3) is 0 Å². The fourth-order valence-electron chi connectivity index (χ4n) is 6.90. The molecule has 0 saturated carbocycles. The number of carboxylic acids is 1. The number of carboxylic acid groups (broad SMARTS) is 1. The molecule has 0 bridgehead atoms. The lowest BCUT2D eigenvalue weighted by molar-refractivity contribution is -0.142. The quantitative estimate of drug-likeness (QED) is 0.0172. The Bertz CT molecular complexity index is 1570. The molecule has 61 heavy (non-hydrogen) atoms. The normalized spacial score (nSPS) is 18.6. The number of carbonyl (C=O) groups is 10. The van der Waals surface area contributed by atoms with Crippen molar-refractivity contribution in [3.8, 4) is 0 Å². The van der Waals surface area contributed by atoms with E-state index < -0.39 is 97.3 Å². The predicted octanol–water partition coefficient (Wildman–Crippen LogP) is -1.75. The van der Waals surface area contributed by atoms with E-state index in [1.807, 2.05) is 11.8 Å². The number of primary amides is 1. The van der Waals surface area contributed by atoms with Crippen molar-refractivity contribution in [2.24, 2.45) is 23.5 Å². The van der Waals surface area contributed by atoms with Crippen molar-refractivity contribution in [2.45, 2.75) is 134 Å². The highest BCUT2D eigenvalue weighted by atomic mass is 32.2. The number of hydrogen-bond donors (Lipinski definition) is 12. The van der Waals surface area contributed by atoms with Gasteiger partial charge in [0.05, 0.1) is 31.6 Å². The standard InChI is InChI=1S/C38H64N10O12S/c1-20(2)13-22(15-29(50)48-60)35(56)44-25(16-32(53)54)37(58)45-24(14-21(3)4)36(57)42-17-30(51)41-18-31(52)43-23(34(39)55)9-7-8-12-40-28(49)11-6-5-10-27-33-26(19-61-27)46-38(59)47-33/h20-27,33,60H,5-19H2,1-4H3,(H2,39,55)(H,40,49)(H,41,51)(H,42,57)(H,43,52)(H,44,56)(H,45,58)(H,48,50)(H,53,54)(H2,46,47,59)/t22?,23-,24-,25-,26-,27-,33-/m0/s1. The smallest absolute Gasteiger partial charge is 0.315 e. The van der Waals surface area contributed by atoms with Crippen LogP contribution in [-0.4, -0.2) is 130 Å². The number of fused-ring (bicyclic) bond motifs is 1. The van der Waals surface area contributed by atoms with Crippen molar-refractivity contribution in [3.05, 3.63) is 0 Å². The molecule has 2 fully saturated rings. The van der Waals surface area contributed by atoms with Gasteiger partial charge in [0.25, 0.3) is 0 Å². The number of thioether (sulfide) groups is 1. The van der Waals surface area contributed by atoms with E-state index in [1.165, 1.54) is 5.48 Å². The summed E-state index contributed by atoms with van der Waals surface area (Å²) in [5, 5.41) is 39.3. The third kappa shape index (κ3) is 20.3. The van der Waals surface area contributed by atoms with Crippen LogP contribution >= 0.6 is 11.8 Å². The van der Waals surface area contributed by atoms with Gasteiger partial charge in [-0.1, -0.05) is 34.1 Å². The first-order chi connectivity index (χ1) is 28.8. The van der Waals surface area contributed by atoms with Gasteiger partial charge in [0.2, 0.25) is 47.3 Å². The summed E-state index contributed by atoms with van der Waals surface area (Å²) in [6, 6.07) is -3.77. The zero-order valence-electron chi connectivity index (χ0n) is 35.3. The fraction of sp³-hybridized carbons (Fsp3) is 0.737. The van der Waals surface area contributed by atoms with Gasteiger partial charge in [-0.15, -0.1) is 0 Å². The van der Waals surface area contributed by atoms with Crippen LogP contribution in [0, 0.1) is 17.8 Å². The van der Waals surface area contributed by atoms with Crippen molar-refractivity contribution >= 4 is 71.0 Å². The van der Waals surface area contributed by atoms with Crippen LogP contribution in [0.3, 0.4) is 0 Å². The predicted molar refractivity (Wildman–Crippen MR) is 221 cm³/mol. The molecule has 344 valence electrons. The van der Waals surface area contributed by atoms with Crippen LogP contribution in [0.1, 0.15) is 98.3 Å². The first-order valence-corrected chi connectivity index (χ1v) is 21.7. The fourth-order valence-corrected chi connectivity index (χ4v) is 8.44. The Kier molecular flexibility index (Phi) is 22.9. The molecule has 0 spiro atoms. The van der Waals surface area contributed by atoms with Crippen molar-refractivity contribution in [1.29, 1.82) is 0 Å². The number of nitrogens with two attached hydrogens (primary N) is 1. The Morgan fingerprint density at radius 2 is 1.39 bits per heavy atom. The number of unbranched alkanes of at least 4 members (excludes halogenated alkanes) is 2. The maximum Gasteiger partial charge on any atom is 0.315 e. The number of urea groups is 1. The highest BCUT2D eigenvalue weighted by molar-refractivity contribution is 8.00. The van der Waals surface area contributed by atoms with E-state index >= 15 is 0 Å². The SMILES string of the molecule is CC(C)CC(CC(=O)NO)C(=O)N[C@@H](CC(=O)O)C(=O)N[C@@H](CC(C)C)C(=O)NCC(=O)NCC(=O)N[C@@H](CCCCNC(=O)CCCC[C@@H]1SC[C@@H]2NC(=O)N[C@@H]21)C(N)=O. The van der Waals surface area contributed by atoms with Crippen molar-refractivity contribution in [2.75, 3.05) is 25.4 Å². The first-order valence-electron chi connectivity index (χ1n) is 20.6. The summed E-state index contributed by atoms with van der Waals surface area (Å²) in [7, 11) is 0. The average Bonchev–Trinajstić information content (AvgIpc) is 3.74. The molecule has 13 N–H and O–H groups in total. The molecule has 22 nitrogen and oxygen atoms in total. The van der Waals surface area contributed by atoms with Gasteiger partial charge in [0.1, 0.15) is 18.1 Å². The van der Waals surface area contributed by atoms with Crippen LogP contribution in [-0.2, 0) is 43.2 Å². The number of hydroxylamine groups is 1. The Morgan fingerprint density at radius 1 is 0.721 bits per heavy atom. The van der Waals surface area contributed by atoms with Gasteiger partial charge in [-0.2, -0.15) is 11.8 Å². The molecule has 0 aromatic carbocycles. The van der Waals surface area contributed by atoms with Crippen LogP contribution < -0.4 is 53.7 Å². The number of hydrogen-bond acceptors (Lipinski definition) is 12. The molecule has 7 atom stereocenters. The van der Waals surface area contributed by atoms with Crippen molar-refractivity contribution in [1.82, 2.24) is 48.0 Å². The second-order valence-corrected chi connectivity index (χ2v) is 17.4. The molecule has 23 heteroatoms. The van der Waals surface area contributed by atoms with Crippen LogP contribution in [0.2, 0.25) is 0 Å². The average molecular weight is 885 g/mol. The zero-order chi connectivity index (χ0) is 45.6. The minimum Gasteiger partial charge on any atom is -0.481 e. The largest absolute Gasteiger partial charge is 0.481 e. The zero-order valence-corrected chi connectivity index (χ0v) is 36.1. The van der Waals surface area contributed by atoms with E-state index in [1.54, 1.807) is 27.7 Å². The summed E-state index contributed by atoms with van der Waals surface area (Å²) in [6.45, 7) is 6.27. The molecule has 2 aliphatic heterocycles. The van der Waals surface area contributed by atoms with Crippen molar-refractivity contribution in [3.63, 3.8) is 0 Å². The molecule has 0 aromatic heterocycles. The Balaban J connectivity index is 1.76. The number of amides is 10. The Morgan fingerprint density at radius 3 is 2.03 bits per heavy atom. The van der Waals surface area contributed by atoms with Gasteiger partial charge >= 0.3 is 12.0 Å². The summed E-state index contributed by atoms with van der Waals surface area (Å²) >= 11 is 1.83. The van der Waals surface area contributed by atoms with E-state index in [-0.39, 0.29) is 55.1 Å². The molecule has 2 rings (SSSR count). The second kappa shape index (κ2) is 26.9. The summed E-state index contributed by atoms with van der Waals surface area (Å²) in [5.74, 6) is -7.64. The summed E-state index contributed by atoms with van der Waals surface area (Å²) in [6.07, 6.45) is 2.98. The molecule has 1 unspecified atom stereocenters. The lowest BCUT2D eigenvalue weighted by atomic mass is 9.92. The van der Waals surface area contributed by atoms with Gasteiger partial charge in [-0.25, -0.2) is 10.3 Å². The van der Waals surface area contributed by atoms with Gasteiger partial charge < -0.3 is 53.4 Å². The maximum absolute atomic E-state index is 13.2. The molecule has 0 aromatic rings. The van der Waals surface area contributed by atoms with E-state index in [4.69, 9.17) is 10.9 Å². The molecule has 2 saturated heterocycles. The van der Waals surface area contributed by atoms with E-state index in [2.05, 4.69) is 42.5 Å². The highest BCUT2D eigenvalue weighted by Crippen LogP contribution is 2.33. The van der Waals surface area contributed by atoms with E-state index in [9.17, 15) is 53.1 Å². The topological polar surface area (TPSA) is 345 Å². The number of nitrogens with one attached hydrogen (secondary N) is 9. The molecule has 0 aliphatic carbocycles. The summed E-state index contributed by atoms with van der Waals surface area (Å²) in [5.41, 5.74) is 6.90. The molecule has 2 aliphatic rings. The van der Waals surface area contributed by atoms with E-state index in [0.717, 1.165) is 18.6 Å². The van der Waals surface area contributed by atoms with Crippen molar-refractivity contribution < 1.29 is 58.3 Å². The van der Waals surface area contributed by atoms with Gasteiger partial charge in [0.15, 0.2) is 0 Å². The first kappa shape index (κ1) is 51.9. The lowest BCUT2D eigenvalue weighted by Crippen LogP contribution is -2.56. The van der Waals surface area contributed by atoms with Gasteiger partial charge in [-0.05, 0) is 56.8 Å². The third-order valence-electron chi connectivity index (χ3n) is 9.91. The number of carbonyl (C=O) groups excluding carboxylic acids is 9. The third-order valence-corrected chi connectivity index (χ3v) is 11.4. The lowest BCUT2D eigenvalue weighted by Gasteiger charge is -2.25. The van der Waals surface area contributed by atoms with Crippen LogP contribution in [0.15, 0.2) is 0 Å². The number of rotatable bonds is 29. The summed E-state index contributed by atoms with van der Waals surface area (Å²) < 4.78 is 0. The highest BCUT2D eigenvalue weighted by Gasteiger charge is 2.42. The molecular weight excluding hydrogens is 821 g/mol.